The van der Waals surface area contributed by atoms with Gasteiger partial charge in [0.1, 0.15) is 0 Å². The van der Waals surface area contributed by atoms with Gasteiger partial charge in [0.2, 0.25) is 0 Å². The van der Waals surface area contributed by atoms with Crippen LogP contribution in [0.5, 0.6) is 0 Å². The van der Waals surface area contributed by atoms with Crippen molar-refractivity contribution in [2.75, 3.05) is 0 Å². The van der Waals surface area contributed by atoms with E-state index in [1.54, 1.807) is 24.5 Å². The van der Waals surface area contributed by atoms with Crippen molar-refractivity contribution in [3.8, 4) is 0 Å². The number of esters is 1. The number of carbonyl (C=O) groups excluding carboxylic acids is 2. The number of hydrogen-bond donors (Lipinski definition) is 2. The largest absolute Gasteiger partial charge is 0.437 e. The van der Waals surface area contributed by atoms with E-state index in [0.29, 0.717) is 4.31 Å². The Bertz CT molecular complexity index is 712. The van der Waals surface area contributed by atoms with Crippen LogP contribution in [0.1, 0.15) is 19.4 Å². The zero-order valence-corrected chi connectivity index (χ0v) is 13.9. The summed E-state index contributed by atoms with van der Waals surface area (Å²) in [6.45, 7) is 7.82. The number of urea groups is 1. The molecule has 1 unspecified atom stereocenters. The van der Waals surface area contributed by atoms with Gasteiger partial charge in [-0.05, 0) is 32.9 Å². The van der Waals surface area contributed by atoms with Crippen LogP contribution in [0.15, 0.2) is 41.3 Å². The van der Waals surface area contributed by atoms with Gasteiger partial charge in [0.05, 0.1) is 4.90 Å². The van der Waals surface area contributed by atoms with Gasteiger partial charge in [-0.2, -0.15) is 4.31 Å². The smallest absolute Gasteiger partial charge is 0.348 e. The molecule has 0 aliphatic carbocycles. The van der Waals surface area contributed by atoms with Crippen molar-refractivity contribution < 1.29 is 22.7 Å². The van der Waals surface area contributed by atoms with E-state index in [0.717, 1.165) is 5.56 Å². The Labute approximate surface area is 134 Å². The highest BCUT2D eigenvalue weighted by Gasteiger charge is 2.35. The Hall–Kier alpha value is -2.39. The van der Waals surface area contributed by atoms with Crippen LogP contribution in [0.2, 0.25) is 0 Å². The number of hydrogen-bond acceptors (Lipinski definition) is 6. The zero-order chi connectivity index (χ0) is 17.8. The number of hydrazine groups is 1. The van der Waals surface area contributed by atoms with E-state index < -0.39 is 28.3 Å². The molecule has 9 heteroatoms. The van der Waals surface area contributed by atoms with Crippen molar-refractivity contribution in [1.29, 1.82) is 0 Å². The molecular formula is C14H19N3O5S. The lowest BCUT2D eigenvalue weighted by Gasteiger charge is -2.27. The van der Waals surface area contributed by atoms with Crippen LogP contribution < -0.4 is 11.3 Å². The average Bonchev–Trinajstić information content (AvgIpc) is 2.47. The van der Waals surface area contributed by atoms with E-state index >= 15 is 0 Å². The Morgan fingerprint density at radius 3 is 2.26 bits per heavy atom. The van der Waals surface area contributed by atoms with Crippen LogP contribution >= 0.6 is 0 Å². The van der Waals surface area contributed by atoms with Gasteiger partial charge in [-0.15, -0.1) is 0 Å². The van der Waals surface area contributed by atoms with Gasteiger partial charge in [0.15, 0.2) is 6.23 Å². The van der Waals surface area contributed by atoms with Gasteiger partial charge >= 0.3 is 12.0 Å². The molecule has 0 saturated carbocycles. The molecule has 2 amide bonds. The van der Waals surface area contributed by atoms with Crippen molar-refractivity contribution in [3.63, 3.8) is 0 Å². The molecular weight excluding hydrogens is 322 g/mol. The first-order valence-electron chi connectivity index (χ1n) is 6.59. The summed E-state index contributed by atoms with van der Waals surface area (Å²) in [7, 11) is -4.27. The summed E-state index contributed by atoms with van der Waals surface area (Å²) in [5.74, 6) is 4.21. The number of sulfonamides is 1. The molecule has 0 aliphatic heterocycles. The molecule has 0 aliphatic rings. The molecule has 0 aromatic heterocycles. The number of nitrogens with two attached hydrogens (primary N) is 1. The third-order valence-electron chi connectivity index (χ3n) is 2.86. The molecule has 0 heterocycles. The number of ether oxygens (including phenoxy) is 1. The molecule has 0 bridgehead atoms. The molecule has 0 spiro atoms. The van der Waals surface area contributed by atoms with Crippen LogP contribution in [-0.2, 0) is 19.6 Å². The molecule has 3 N–H and O–H groups in total. The highest BCUT2D eigenvalue weighted by Crippen LogP contribution is 2.20. The topological polar surface area (TPSA) is 119 Å². The second kappa shape index (κ2) is 7.25. The van der Waals surface area contributed by atoms with E-state index in [-0.39, 0.29) is 10.5 Å². The van der Waals surface area contributed by atoms with Crippen molar-refractivity contribution in [3.05, 3.63) is 42.0 Å². The molecule has 0 saturated heterocycles. The summed E-state index contributed by atoms with van der Waals surface area (Å²) in [6, 6.07) is 4.71. The Morgan fingerprint density at radius 1 is 1.30 bits per heavy atom. The molecule has 126 valence electrons. The van der Waals surface area contributed by atoms with Gasteiger partial charge in [-0.25, -0.2) is 23.8 Å². The minimum atomic E-state index is -4.27. The summed E-state index contributed by atoms with van der Waals surface area (Å²) >= 11 is 0. The summed E-state index contributed by atoms with van der Waals surface area (Å²) in [6.07, 6.45) is -1.41. The van der Waals surface area contributed by atoms with E-state index in [2.05, 4.69) is 6.58 Å². The van der Waals surface area contributed by atoms with Crippen molar-refractivity contribution >= 4 is 22.0 Å². The van der Waals surface area contributed by atoms with Crippen LogP contribution in [-0.4, -0.2) is 31.0 Å². The summed E-state index contributed by atoms with van der Waals surface area (Å²) in [5.41, 5.74) is 2.64. The lowest BCUT2D eigenvalue weighted by molar-refractivity contribution is -0.147. The summed E-state index contributed by atoms with van der Waals surface area (Å²) in [5, 5.41) is 0. The minimum absolute atomic E-state index is 0.0673. The maximum absolute atomic E-state index is 12.6. The van der Waals surface area contributed by atoms with Crippen LogP contribution in [0.3, 0.4) is 0 Å². The number of rotatable bonds is 5. The molecule has 1 aromatic rings. The fourth-order valence-electron chi connectivity index (χ4n) is 1.66. The van der Waals surface area contributed by atoms with Gasteiger partial charge in [-0.3, -0.25) is 5.43 Å². The third kappa shape index (κ3) is 4.30. The second-order valence-electron chi connectivity index (χ2n) is 4.85. The Balaban J connectivity index is 3.24. The van der Waals surface area contributed by atoms with Crippen molar-refractivity contribution in [2.45, 2.75) is 31.9 Å². The third-order valence-corrected chi connectivity index (χ3v) is 4.71. The Morgan fingerprint density at radius 2 is 1.83 bits per heavy atom. The van der Waals surface area contributed by atoms with E-state index in [1.165, 1.54) is 26.0 Å². The number of carbonyl (C=O) groups is 2. The quantitative estimate of drug-likeness (QED) is 0.206. The average molecular weight is 341 g/mol. The second-order valence-corrected chi connectivity index (χ2v) is 6.66. The fourth-order valence-corrected chi connectivity index (χ4v) is 3.07. The molecule has 0 radical (unpaired) electrons. The number of benzene rings is 1. The number of aryl methyl sites for hydroxylation is 1. The minimum Gasteiger partial charge on any atom is -0.437 e. The van der Waals surface area contributed by atoms with Gasteiger partial charge < -0.3 is 4.74 Å². The predicted molar refractivity (Wildman–Crippen MR) is 83.3 cm³/mol. The van der Waals surface area contributed by atoms with Crippen molar-refractivity contribution in [1.82, 2.24) is 9.73 Å². The highest BCUT2D eigenvalue weighted by molar-refractivity contribution is 7.89. The van der Waals surface area contributed by atoms with Gasteiger partial charge in [-0.1, -0.05) is 24.3 Å². The highest BCUT2D eigenvalue weighted by atomic mass is 32.2. The molecule has 23 heavy (non-hydrogen) atoms. The van der Waals surface area contributed by atoms with Crippen molar-refractivity contribution in [2.24, 2.45) is 5.84 Å². The standard InChI is InChI=1S/C14H19N3O5S/c1-9(2)13(18)22-11(4)17(14(19)16-15)23(20,21)12-7-5-10(3)6-8-12/h5-8,11H,1,15H2,2-4H3,(H,16,19). The van der Waals surface area contributed by atoms with Crippen LogP contribution in [0.25, 0.3) is 0 Å². The maximum atomic E-state index is 12.6. The SMILES string of the molecule is C=C(C)C(=O)OC(C)N(C(=O)NN)S(=O)(=O)c1ccc(C)cc1. The van der Waals surface area contributed by atoms with Crippen LogP contribution in [0, 0.1) is 6.92 Å². The zero-order valence-electron chi connectivity index (χ0n) is 13.1. The van der Waals surface area contributed by atoms with Gasteiger partial charge in [0, 0.05) is 5.57 Å². The maximum Gasteiger partial charge on any atom is 0.348 e. The first-order valence-corrected chi connectivity index (χ1v) is 8.03. The van der Waals surface area contributed by atoms with Crippen LogP contribution in [0.4, 0.5) is 4.79 Å². The molecule has 0 fully saturated rings. The monoisotopic (exact) mass is 341 g/mol. The Kier molecular flexibility index (Phi) is 5.88. The molecule has 1 aromatic carbocycles. The number of nitrogens with one attached hydrogen (secondary N) is 1. The first-order chi connectivity index (χ1) is 10.6. The van der Waals surface area contributed by atoms with Gasteiger partial charge in [0.25, 0.3) is 10.0 Å². The predicted octanol–water partition coefficient (Wildman–Crippen LogP) is 1.03. The summed E-state index contributed by atoms with van der Waals surface area (Å²) in [4.78, 5) is 23.3. The normalized spacial score (nSPS) is 12.2. The molecule has 1 rings (SSSR count). The number of nitrogens with zero attached hydrogens (tertiary/aromatic N) is 1. The molecule has 8 nitrogen and oxygen atoms in total. The van der Waals surface area contributed by atoms with E-state index in [9.17, 15) is 18.0 Å². The van der Waals surface area contributed by atoms with E-state index in [4.69, 9.17) is 10.6 Å². The lowest BCUT2D eigenvalue weighted by Crippen LogP contribution is -2.51. The summed E-state index contributed by atoms with van der Waals surface area (Å²) < 4.78 is 30.5. The number of amides is 2. The van der Waals surface area contributed by atoms with E-state index in [1.807, 2.05) is 0 Å². The fraction of sp³-hybridized carbons (Fsp3) is 0.286. The lowest BCUT2D eigenvalue weighted by atomic mass is 10.2. The first kappa shape index (κ1) is 18.7. The molecule has 1 atom stereocenters.